The van der Waals surface area contributed by atoms with Gasteiger partial charge in [0.05, 0.1) is 9.75 Å². The summed E-state index contributed by atoms with van der Waals surface area (Å²) in [6.07, 6.45) is 1.60. The van der Waals surface area contributed by atoms with Gasteiger partial charge in [0.15, 0.2) is 0 Å². The minimum atomic E-state index is -0.244. The fraction of sp³-hybridized carbons (Fsp3) is 0.182. The summed E-state index contributed by atoms with van der Waals surface area (Å²) in [4.78, 5) is 25.9. The first-order valence-corrected chi connectivity index (χ1v) is 10.2. The first-order valence-electron chi connectivity index (χ1n) is 9.39. The van der Waals surface area contributed by atoms with Gasteiger partial charge in [-0.15, -0.1) is 11.3 Å². The molecule has 6 N–H and O–H groups in total. The molecule has 0 atom stereocenters. The van der Waals surface area contributed by atoms with Crippen LogP contribution in [0.4, 0.5) is 11.4 Å². The summed E-state index contributed by atoms with van der Waals surface area (Å²) >= 11 is 1.15. The van der Waals surface area contributed by atoms with E-state index in [1.807, 2.05) is 48.5 Å². The number of carbonyl (C=O) groups excluding carboxylic acids is 2. The molecule has 0 bridgehead atoms. The smallest absolute Gasteiger partial charge is 0.265 e. The van der Waals surface area contributed by atoms with E-state index in [-0.39, 0.29) is 11.8 Å². The topological polar surface area (TPSA) is 110 Å². The highest BCUT2D eigenvalue weighted by Crippen LogP contribution is 2.20. The summed E-state index contributed by atoms with van der Waals surface area (Å²) in [5, 5.41) is 5.69. The van der Waals surface area contributed by atoms with Crippen LogP contribution in [0.15, 0.2) is 60.7 Å². The monoisotopic (exact) mass is 408 g/mol. The average Bonchev–Trinajstić information content (AvgIpc) is 3.22. The highest BCUT2D eigenvalue weighted by atomic mass is 32.1. The summed E-state index contributed by atoms with van der Waals surface area (Å²) < 4.78 is 0. The Hall–Kier alpha value is -3.00. The van der Waals surface area contributed by atoms with Crippen molar-refractivity contribution in [3.05, 3.63) is 81.5 Å². The fourth-order valence-corrected chi connectivity index (χ4v) is 3.61. The third-order valence-corrected chi connectivity index (χ3v) is 5.43. The van der Waals surface area contributed by atoms with Gasteiger partial charge >= 0.3 is 0 Å². The predicted octanol–water partition coefficient (Wildman–Crippen LogP) is 3.26. The predicted molar refractivity (Wildman–Crippen MR) is 119 cm³/mol. The minimum absolute atomic E-state index is 0.244. The van der Waals surface area contributed by atoms with Gasteiger partial charge in [-0.2, -0.15) is 0 Å². The zero-order valence-corrected chi connectivity index (χ0v) is 16.8. The van der Waals surface area contributed by atoms with Crippen molar-refractivity contribution in [1.29, 1.82) is 0 Å². The van der Waals surface area contributed by atoms with Crippen molar-refractivity contribution in [2.45, 2.75) is 12.8 Å². The van der Waals surface area contributed by atoms with Crippen LogP contribution in [0, 0.1) is 0 Å². The van der Waals surface area contributed by atoms with Crippen LogP contribution in [0.1, 0.15) is 30.5 Å². The molecule has 3 rings (SSSR count). The Bertz CT molecular complexity index is 887. The lowest BCUT2D eigenvalue weighted by molar-refractivity contribution is 0.102. The maximum Gasteiger partial charge on any atom is 0.265 e. The standard InChI is InChI=1S/C22H24N4O2S/c23-13-11-15-1-5-17(6-2-15)25-21(27)19-9-10-20(29-19)22(28)26-18-7-3-16(4-8-18)12-14-24/h1-10H,11-14,23-24H2,(H,25,27)(H,26,28). The molecule has 0 saturated heterocycles. The second-order valence-corrected chi connectivity index (χ2v) is 7.63. The van der Waals surface area contributed by atoms with Gasteiger partial charge < -0.3 is 22.1 Å². The Kier molecular flexibility index (Phi) is 7.13. The third kappa shape index (κ3) is 5.74. The van der Waals surface area contributed by atoms with Crippen LogP contribution in [-0.4, -0.2) is 24.9 Å². The molecule has 0 radical (unpaired) electrons. The van der Waals surface area contributed by atoms with Crippen molar-refractivity contribution in [2.24, 2.45) is 11.5 Å². The minimum Gasteiger partial charge on any atom is -0.330 e. The van der Waals surface area contributed by atoms with Crippen molar-refractivity contribution in [2.75, 3.05) is 23.7 Å². The Balaban J connectivity index is 1.60. The maximum atomic E-state index is 12.5. The molecule has 2 amide bonds. The zero-order valence-electron chi connectivity index (χ0n) is 16.0. The quantitative estimate of drug-likeness (QED) is 0.458. The molecule has 0 fully saturated rings. The van der Waals surface area contributed by atoms with E-state index in [4.69, 9.17) is 11.5 Å². The largest absolute Gasteiger partial charge is 0.330 e. The van der Waals surface area contributed by atoms with Gasteiger partial charge in [0.1, 0.15) is 0 Å². The molecule has 0 aliphatic rings. The lowest BCUT2D eigenvalue weighted by Crippen LogP contribution is -2.11. The maximum absolute atomic E-state index is 12.5. The Morgan fingerprint density at radius 1 is 0.655 bits per heavy atom. The van der Waals surface area contributed by atoms with E-state index in [9.17, 15) is 9.59 Å². The van der Waals surface area contributed by atoms with Crippen LogP contribution in [-0.2, 0) is 12.8 Å². The molecule has 6 nitrogen and oxygen atoms in total. The van der Waals surface area contributed by atoms with Gasteiger partial charge in [-0.05, 0) is 73.5 Å². The van der Waals surface area contributed by atoms with Crippen molar-refractivity contribution < 1.29 is 9.59 Å². The highest BCUT2D eigenvalue weighted by Gasteiger charge is 2.14. The summed E-state index contributed by atoms with van der Waals surface area (Å²) in [5.74, 6) is -0.487. The lowest BCUT2D eigenvalue weighted by Gasteiger charge is -2.06. The molecule has 2 aromatic carbocycles. The number of hydrogen-bond donors (Lipinski definition) is 4. The number of carbonyl (C=O) groups is 2. The van der Waals surface area contributed by atoms with E-state index in [0.29, 0.717) is 34.2 Å². The Labute approximate surface area is 173 Å². The molecule has 0 aliphatic carbocycles. The highest BCUT2D eigenvalue weighted by molar-refractivity contribution is 7.16. The Morgan fingerprint density at radius 3 is 1.38 bits per heavy atom. The van der Waals surface area contributed by atoms with E-state index >= 15 is 0 Å². The van der Waals surface area contributed by atoms with Gasteiger partial charge in [0.2, 0.25) is 0 Å². The number of benzene rings is 2. The Morgan fingerprint density at radius 2 is 1.03 bits per heavy atom. The molecule has 0 spiro atoms. The van der Waals surface area contributed by atoms with Crippen LogP contribution >= 0.6 is 11.3 Å². The molecule has 3 aromatic rings. The van der Waals surface area contributed by atoms with Crippen molar-refractivity contribution in [1.82, 2.24) is 0 Å². The molecule has 7 heteroatoms. The van der Waals surface area contributed by atoms with Gasteiger partial charge in [-0.3, -0.25) is 9.59 Å². The molecule has 0 unspecified atom stereocenters. The van der Waals surface area contributed by atoms with Crippen molar-refractivity contribution >= 4 is 34.5 Å². The molecule has 1 heterocycles. The van der Waals surface area contributed by atoms with E-state index in [2.05, 4.69) is 10.6 Å². The SMILES string of the molecule is NCCc1ccc(NC(=O)c2ccc(C(=O)Nc3ccc(CCN)cc3)s2)cc1. The van der Waals surface area contributed by atoms with Crippen LogP contribution in [0.2, 0.25) is 0 Å². The van der Waals surface area contributed by atoms with E-state index in [0.717, 1.165) is 35.3 Å². The summed E-state index contributed by atoms with van der Waals surface area (Å²) in [5.41, 5.74) is 14.7. The molecule has 0 saturated carbocycles. The van der Waals surface area contributed by atoms with Crippen molar-refractivity contribution in [3.8, 4) is 0 Å². The zero-order chi connectivity index (χ0) is 20.6. The normalized spacial score (nSPS) is 10.6. The number of amides is 2. The first-order chi connectivity index (χ1) is 14.1. The number of nitrogens with two attached hydrogens (primary N) is 2. The molecule has 1 aromatic heterocycles. The molecule has 150 valence electrons. The van der Waals surface area contributed by atoms with Gasteiger partial charge in [-0.25, -0.2) is 0 Å². The second kappa shape index (κ2) is 9.97. The lowest BCUT2D eigenvalue weighted by atomic mass is 10.1. The fourth-order valence-electron chi connectivity index (χ4n) is 2.81. The average molecular weight is 409 g/mol. The number of hydrogen-bond acceptors (Lipinski definition) is 5. The van der Waals surface area contributed by atoms with Gasteiger partial charge in [0.25, 0.3) is 11.8 Å². The van der Waals surface area contributed by atoms with E-state index in [1.54, 1.807) is 12.1 Å². The number of thiophene rings is 1. The third-order valence-electron chi connectivity index (χ3n) is 4.34. The first kappa shape index (κ1) is 20.7. The number of nitrogens with one attached hydrogen (secondary N) is 2. The molecule has 29 heavy (non-hydrogen) atoms. The second-order valence-electron chi connectivity index (χ2n) is 6.54. The van der Waals surface area contributed by atoms with Crippen LogP contribution < -0.4 is 22.1 Å². The summed E-state index contributed by atoms with van der Waals surface area (Å²) in [6, 6.07) is 18.4. The van der Waals surface area contributed by atoms with Crippen LogP contribution in [0.3, 0.4) is 0 Å². The van der Waals surface area contributed by atoms with Crippen molar-refractivity contribution in [3.63, 3.8) is 0 Å². The van der Waals surface area contributed by atoms with E-state index < -0.39 is 0 Å². The van der Waals surface area contributed by atoms with Crippen LogP contribution in [0.5, 0.6) is 0 Å². The molecular formula is C22H24N4O2S. The van der Waals surface area contributed by atoms with Crippen LogP contribution in [0.25, 0.3) is 0 Å². The van der Waals surface area contributed by atoms with Gasteiger partial charge in [-0.1, -0.05) is 24.3 Å². The molecule has 0 aliphatic heterocycles. The number of rotatable bonds is 8. The van der Waals surface area contributed by atoms with E-state index in [1.165, 1.54) is 0 Å². The van der Waals surface area contributed by atoms with Gasteiger partial charge in [0, 0.05) is 11.4 Å². The summed E-state index contributed by atoms with van der Waals surface area (Å²) in [7, 11) is 0. The molecular weight excluding hydrogens is 384 g/mol. The summed E-state index contributed by atoms with van der Waals surface area (Å²) in [6.45, 7) is 1.17. The number of anilines is 2.